The lowest BCUT2D eigenvalue weighted by molar-refractivity contribution is 0.758. The average molecular weight is 254 g/mol. The molecule has 2 rings (SSSR count). The Morgan fingerprint density at radius 3 is 2.59 bits per heavy atom. The summed E-state index contributed by atoms with van der Waals surface area (Å²) in [6, 6.07) is 0. The van der Waals surface area contributed by atoms with Gasteiger partial charge in [-0.2, -0.15) is 0 Å². The average Bonchev–Trinajstić information content (AvgIpc) is 2.96. The Bertz CT molecular complexity index is 417. The van der Waals surface area contributed by atoms with E-state index in [4.69, 9.17) is 11.6 Å². The van der Waals surface area contributed by atoms with E-state index in [9.17, 15) is 0 Å². The maximum Gasteiger partial charge on any atom is 0.137 e. The molecule has 0 radical (unpaired) electrons. The minimum absolute atomic E-state index is 0.300. The minimum atomic E-state index is 0.300. The molecule has 1 saturated carbocycles. The molecule has 1 aliphatic rings. The summed E-state index contributed by atoms with van der Waals surface area (Å²) in [5.41, 5.74) is 0.948. The van der Waals surface area contributed by atoms with Gasteiger partial charge < -0.3 is 5.32 Å². The number of anilines is 1. The highest BCUT2D eigenvalue weighted by Crippen LogP contribution is 2.37. The lowest BCUT2D eigenvalue weighted by Gasteiger charge is -2.12. The first kappa shape index (κ1) is 12.6. The molecule has 1 aliphatic carbocycles. The van der Waals surface area contributed by atoms with E-state index in [2.05, 4.69) is 36.1 Å². The van der Waals surface area contributed by atoms with Gasteiger partial charge in [0.05, 0.1) is 0 Å². The number of nitrogens with zero attached hydrogens (tertiary/aromatic N) is 2. The second kappa shape index (κ2) is 4.81. The van der Waals surface area contributed by atoms with E-state index in [0.29, 0.717) is 11.1 Å². The van der Waals surface area contributed by atoms with Crippen molar-refractivity contribution in [2.24, 2.45) is 11.8 Å². The zero-order chi connectivity index (χ0) is 12.6. The van der Waals surface area contributed by atoms with Gasteiger partial charge in [-0.15, -0.1) is 0 Å². The summed E-state index contributed by atoms with van der Waals surface area (Å²) >= 11 is 6.13. The lowest BCUT2D eigenvalue weighted by atomic mass is 10.2. The smallest absolute Gasteiger partial charge is 0.137 e. The summed E-state index contributed by atoms with van der Waals surface area (Å²) in [5.74, 6) is 3.66. The van der Waals surface area contributed by atoms with Crippen molar-refractivity contribution in [2.45, 2.75) is 40.0 Å². The van der Waals surface area contributed by atoms with Crippen molar-refractivity contribution in [1.82, 2.24) is 9.97 Å². The Hall–Kier alpha value is -0.830. The van der Waals surface area contributed by atoms with Gasteiger partial charge in [-0.05, 0) is 25.2 Å². The highest BCUT2D eigenvalue weighted by molar-refractivity contribution is 6.30. The van der Waals surface area contributed by atoms with E-state index in [1.54, 1.807) is 0 Å². The van der Waals surface area contributed by atoms with E-state index < -0.39 is 0 Å². The van der Waals surface area contributed by atoms with Gasteiger partial charge in [-0.25, -0.2) is 9.97 Å². The van der Waals surface area contributed by atoms with Crippen LogP contribution in [0.15, 0.2) is 0 Å². The van der Waals surface area contributed by atoms with Crippen molar-refractivity contribution < 1.29 is 0 Å². The lowest BCUT2D eigenvalue weighted by Crippen LogP contribution is -2.10. The number of rotatable bonds is 4. The quantitative estimate of drug-likeness (QED) is 0.833. The first-order valence-corrected chi connectivity index (χ1v) is 6.64. The Morgan fingerprint density at radius 1 is 1.41 bits per heavy atom. The molecule has 17 heavy (non-hydrogen) atoms. The van der Waals surface area contributed by atoms with Crippen molar-refractivity contribution >= 4 is 17.4 Å². The molecular weight excluding hydrogens is 234 g/mol. The number of nitrogens with one attached hydrogen (secondary N) is 1. The predicted octanol–water partition coefficient (Wildman–Crippen LogP) is 3.63. The normalized spacial score (nSPS) is 22.9. The zero-order valence-electron chi connectivity index (χ0n) is 10.9. The maximum absolute atomic E-state index is 6.13. The highest BCUT2D eigenvalue weighted by atomic mass is 35.5. The summed E-state index contributed by atoms with van der Waals surface area (Å²) in [5, 5.41) is 3.97. The topological polar surface area (TPSA) is 37.8 Å². The van der Waals surface area contributed by atoms with Crippen LogP contribution < -0.4 is 5.32 Å². The van der Waals surface area contributed by atoms with Gasteiger partial charge in [-0.3, -0.25) is 0 Å². The third kappa shape index (κ3) is 2.89. The SMILES string of the molecule is Cc1c(Cl)nc(C(C)C)nc1NCC1CC1C. The summed E-state index contributed by atoms with van der Waals surface area (Å²) < 4.78 is 0. The first-order chi connectivity index (χ1) is 7.99. The van der Waals surface area contributed by atoms with Gasteiger partial charge >= 0.3 is 0 Å². The van der Waals surface area contributed by atoms with Crippen LogP contribution >= 0.6 is 11.6 Å². The standard InChI is InChI=1S/C13H20ClN3/c1-7(2)12-16-11(14)9(4)13(17-12)15-6-10-5-8(10)3/h7-8,10H,5-6H2,1-4H3,(H,15,16,17). The number of halogens is 1. The Kier molecular flexibility index (Phi) is 3.57. The van der Waals surface area contributed by atoms with Crippen LogP contribution in [0.5, 0.6) is 0 Å². The molecule has 0 spiro atoms. The Morgan fingerprint density at radius 2 is 2.06 bits per heavy atom. The van der Waals surface area contributed by atoms with E-state index in [0.717, 1.165) is 35.6 Å². The van der Waals surface area contributed by atoms with Gasteiger partial charge in [0.25, 0.3) is 0 Å². The fraction of sp³-hybridized carbons (Fsp3) is 0.692. The number of hydrogen-bond acceptors (Lipinski definition) is 3. The molecule has 2 atom stereocenters. The van der Waals surface area contributed by atoms with Gasteiger partial charge in [0.2, 0.25) is 0 Å². The number of hydrogen-bond donors (Lipinski definition) is 1. The molecule has 1 fully saturated rings. The van der Waals surface area contributed by atoms with Crippen molar-refractivity contribution in [3.8, 4) is 0 Å². The van der Waals surface area contributed by atoms with Crippen molar-refractivity contribution in [2.75, 3.05) is 11.9 Å². The van der Waals surface area contributed by atoms with Crippen LogP contribution in [-0.2, 0) is 0 Å². The Balaban J connectivity index is 2.13. The molecule has 1 N–H and O–H groups in total. The van der Waals surface area contributed by atoms with Crippen molar-refractivity contribution in [3.63, 3.8) is 0 Å². The zero-order valence-corrected chi connectivity index (χ0v) is 11.7. The van der Waals surface area contributed by atoms with Crippen LogP contribution in [0.1, 0.15) is 44.5 Å². The van der Waals surface area contributed by atoms with E-state index in [1.165, 1.54) is 6.42 Å². The van der Waals surface area contributed by atoms with Crippen LogP contribution in [-0.4, -0.2) is 16.5 Å². The maximum atomic E-state index is 6.13. The van der Waals surface area contributed by atoms with E-state index in [1.807, 2.05) is 6.92 Å². The summed E-state index contributed by atoms with van der Waals surface area (Å²) in [4.78, 5) is 8.86. The summed E-state index contributed by atoms with van der Waals surface area (Å²) in [7, 11) is 0. The monoisotopic (exact) mass is 253 g/mol. The fourth-order valence-corrected chi connectivity index (χ4v) is 2.02. The molecule has 0 aliphatic heterocycles. The molecule has 94 valence electrons. The molecule has 1 aromatic heterocycles. The third-order valence-corrected chi connectivity index (χ3v) is 3.80. The van der Waals surface area contributed by atoms with Crippen LogP contribution in [0.2, 0.25) is 5.15 Å². The van der Waals surface area contributed by atoms with Crippen molar-refractivity contribution in [1.29, 1.82) is 0 Å². The molecular formula is C13H20ClN3. The molecule has 1 heterocycles. The fourth-order valence-electron chi connectivity index (χ4n) is 1.85. The second-order valence-electron chi connectivity index (χ2n) is 5.35. The van der Waals surface area contributed by atoms with Crippen molar-refractivity contribution in [3.05, 3.63) is 16.5 Å². The van der Waals surface area contributed by atoms with Crippen LogP contribution in [0.25, 0.3) is 0 Å². The largest absolute Gasteiger partial charge is 0.369 e. The van der Waals surface area contributed by atoms with Crippen LogP contribution in [0, 0.1) is 18.8 Å². The molecule has 1 aromatic rings. The van der Waals surface area contributed by atoms with Gasteiger partial charge in [-0.1, -0.05) is 32.4 Å². The molecule has 3 nitrogen and oxygen atoms in total. The second-order valence-corrected chi connectivity index (χ2v) is 5.71. The van der Waals surface area contributed by atoms with Crippen LogP contribution in [0.3, 0.4) is 0 Å². The molecule has 2 unspecified atom stereocenters. The molecule has 4 heteroatoms. The van der Waals surface area contributed by atoms with E-state index in [-0.39, 0.29) is 0 Å². The summed E-state index contributed by atoms with van der Waals surface area (Å²) in [6.07, 6.45) is 1.32. The Labute approximate surface area is 108 Å². The summed E-state index contributed by atoms with van der Waals surface area (Å²) in [6.45, 7) is 9.39. The number of aromatic nitrogens is 2. The molecule has 0 aromatic carbocycles. The predicted molar refractivity (Wildman–Crippen MR) is 71.6 cm³/mol. The van der Waals surface area contributed by atoms with Gasteiger partial charge in [0.15, 0.2) is 0 Å². The molecule has 0 bridgehead atoms. The third-order valence-electron chi connectivity index (χ3n) is 3.43. The first-order valence-electron chi connectivity index (χ1n) is 6.27. The molecule has 0 amide bonds. The highest BCUT2D eigenvalue weighted by Gasteiger charge is 2.32. The molecule has 0 saturated heterocycles. The minimum Gasteiger partial charge on any atom is -0.369 e. The van der Waals surface area contributed by atoms with Crippen LogP contribution in [0.4, 0.5) is 5.82 Å². The van der Waals surface area contributed by atoms with Gasteiger partial charge in [0, 0.05) is 18.0 Å². The van der Waals surface area contributed by atoms with E-state index >= 15 is 0 Å². The van der Waals surface area contributed by atoms with Gasteiger partial charge in [0.1, 0.15) is 16.8 Å².